The van der Waals surface area contributed by atoms with Crippen molar-refractivity contribution < 1.29 is 0 Å². The number of rotatable bonds is 6. The molecule has 6 nitrogen and oxygen atoms in total. The van der Waals surface area contributed by atoms with Gasteiger partial charge in [0.2, 0.25) is 0 Å². The van der Waals surface area contributed by atoms with Gasteiger partial charge in [-0.15, -0.1) is 10.2 Å². The molecule has 0 aliphatic carbocycles. The van der Waals surface area contributed by atoms with Gasteiger partial charge in [0.1, 0.15) is 18.2 Å². The zero-order valence-electron chi connectivity index (χ0n) is 16.5. The number of nitrogens with zero attached hydrogens (tertiary/aromatic N) is 5. The SMILES string of the molecule is CC(C)CCNc1c(C#N)c2c(c3nncn13)CN(Cc1ccccc1)CC2. The predicted octanol–water partition coefficient (Wildman–Crippen LogP) is 3.62. The summed E-state index contributed by atoms with van der Waals surface area (Å²) in [5, 5.41) is 21.9. The lowest BCUT2D eigenvalue weighted by atomic mass is 9.95. The molecule has 0 saturated carbocycles. The molecule has 0 saturated heterocycles. The van der Waals surface area contributed by atoms with Crippen LogP contribution in [0.15, 0.2) is 36.7 Å². The van der Waals surface area contributed by atoms with E-state index < -0.39 is 0 Å². The van der Waals surface area contributed by atoms with Crippen LogP contribution in [0.5, 0.6) is 0 Å². The lowest BCUT2D eigenvalue weighted by Crippen LogP contribution is -2.31. The fourth-order valence-corrected chi connectivity index (χ4v) is 3.92. The predicted molar refractivity (Wildman–Crippen MR) is 110 cm³/mol. The second-order valence-electron chi connectivity index (χ2n) is 7.87. The van der Waals surface area contributed by atoms with Crippen molar-refractivity contribution in [2.45, 2.75) is 39.8 Å². The van der Waals surface area contributed by atoms with E-state index in [-0.39, 0.29) is 0 Å². The molecule has 0 unspecified atom stereocenters. The van der Waals surface area contributed by atoms with Crippen LogP contribution in [0.25, 0.3) is 5.65 Å². The van der Waals surface area contributed by atoms with E-state index in [2.05, 4.69) is 64.6 Å². The van der Waals surface area contributed by atoms with Gasteiger partial charge in [0, 0.05) is 31.7 Å². The van der Waals surface area contributed by atoms with E-state index in [4.69, 9.17) is 0 Å². The molecular formula is C22H26N6. The van der Waals surface area contributed by atoms with Crippen molar-refractivity contribution in [1.29, 1.82) is 5.26 Å². The fraction of sp³-hybridized carbons (Fsp3) is 0.409. The highest BCUT2D eigenvalue weighted by Gasteiger charge is 2.26. The second kappa shape index (κ2) is 7.99. The highest BCUT2D eigenvalue weighted by molar-refractivity contribution is 5.68. The van der Waals surface area contributed by atoms with Gasteiger partial charge < -0.3 is 5.32 Å². The maximum atomic E-state index is 9.92. The maximum Gasteiger partial charge on any atom is 0.167 e. The zero-order valence-corrected chi connectivity index (χ0v) is 16.5. The molecule has 2 aromatic heterocycles. The van der Waals surface area contributed by atoms with Gasteiger partial charge in [-0.25, -0.2) is 0 Å². The first kappa shape index (κ1) is 18.5. The normalized spacial score (nSPS) is 14.2. The summed E-state index contributed by atoms with van der Waals surface area (Å²) in [4.78, 5) is 2.42. The summed E-state index contributed by atoms with van der Waals surface area (Å²) >= 11 is 0. The van der Waals surface area contributed by atoms with E-state index in [0.717, 1.165) is 67.2 Å². The smallest absolute Gasteiger partial charge is 0.167 e. The summed E-state index contributed by atoms with van der Waals surface area (Å²) in [6.07, 6.45) is 3.62. The Labute approximate surface area is 165 Å². The highest BCUT2D eigenvalue weighted by Crippen LogP contribution is 2.31. The first-order chi connectivity index (χ1) is 13.7. The number of nitrogens with one attached hydrogen (secondary N) is 1. The number of nitriles is 1. The third-order valence-corrected chi connectivity index (χ3v) is 5.40. The molecule has 1 aliphatic heterocycles. The number of anilines is 1. The van der Waals surface area contributed by atoms with Crippen LogP contribution in [-0.4, -0.2) is 32.6 Å². The molecule has 0 amide bonds. The molecule has 28 heavy (non-hydrogen) atoms. The summed E-state index contributed by atoms with van der Waals surface area (Å²) in [7, 11) is 0. The summed E-state index contributed by atoms with van der Waals surface area (Å²) in [5.74, 6) is 1.44. The van der Waals surface area contributed by atoms with Crippen LogP contribution in [0.4, 0.5) is 5.82 Å². The third-order valence-electron chi connectivity index (χ3n) is 5.40. The zero-order chi connectivity index (χ0) is 19.5. The lowest BCUT2D eigenvalue weighted by Gasteiger charge is -2.30. The Balaban J connectivity index is 1.67. The molecule has 0 spiro atoms. The van der Waals surface area contributed by atoms with Crippen molar-refractivity contribution in [1.82, 2.24) is 19.5 Å². The number of fused-ring (bicyclic) bond motifs is 3. The van der Waals surface area contributed by atoms with Crippen LogP contribution in [0.1, 0.15) is 42.5 Å². The number of pyridine rings is 1. The molecule has 144 valence electrons. The molecule has 1 aliphatic rings. The number of benzene rings is 1. The topological polar surface area (TPSA) is 69.2 Å². The second-order valence-corrected chi connectivity index (χ2v) is 7.87. The van der Waals surface area contributed by atoms with Gasteiger partial charge in [-0.2, -0.15) is 5.26 Å². The van der Waals surface area contributed by atoms with Crippen molar-refractivity contribution in [2.24, 2.45) is 5.92 Å². The Hall–Kier alpha value is -2.91. The van der Waals surface area contributed by atoms with Crippen molar-refractivity contribution in [3.63, 3.8) is 0 Å². The van der Waals surface area contributed by atoms with Crippen LogP contribution < -0.4 is 5.32 Å². The minimum absolute atomic E-state index is 0.610. The summed E-state index contributed by atoms with van der Waals surface area (Å²) < 4.78 is 1.95. The molecule has 4 rings (SSSR count). The van der Waals surface area contributed by atoms with Crippen LogP contribution >= 0.6 is 0 Å². The molecule has 0 atom stereocenters. The number of hydrogen-bond donors (Lipinski definition) is 1. The third kappa shape index (κ3) is 3.58. The first-order valence-corrected chi connectivity index (χ1v) is 9.95. The average Bonchev–Trinajstić information content (AvgIpc) is 3.19. The summed E-state index contributed by atoms with van der Waals surface area (Å²) in [5.41, 5.74) is 5.16. The number of hydrogen-bond acceptors (Lipinski definition) is 5. The Morgan fingerprint density at radius 2 is 2.04 bits per heavy atom. The van der Waals surface area contributed by atoms with Crippen molar-refractivity contribution in [2.75, 3.05) is 18.4 Å². The molecule has 0 bridgehead atoms. The van der Waals surface area contributed by atoms with Gasteiger partial charge in [0.15, 0.2) is 5.65 Å². The Morgan fingerprint density at radius 3 is 2.79 bits per heavy atom. The molecule has 0 fully saturated rings. The summed E-state index contributed by atoms with van der Waals surface area (Å²) in [6.45, 7) is 7.86. The number of aromatic nitrogens is 3. The van der Waals surface area contributed by atoms with E-state index in [9.17, 15) is 5.26 Å². The Kier molecular flexibility index (Phi) is 5.27. The van der Waals surface area contributed by atoms with Gasteiger partial charge >= 0.3 is 0 Å². The van der Waals surface area contributed by atoms with Gasteiger partial charge in [-0.3, -0.25) is 9.30 Å². The molecule has 6 heteroatoms. The van der Waals surface area contributed by atoms with E-state index in [1.807, 2.05) is 10.5 Å². The fourth-order valence-electron chi connectivity index (χ4n) is 3.92. The van der Waals surface area contributed by atoms with Crippen LogP contribution in [-0.2, 0) is 19.5 Å². The molecule has 3 heterocycles. The van der Waals surface area contributed by atoms with E-state index in [0.29, 0.717) is 5.92 Å². The van der Waals surface area contributed by atoms with Crippen molar-refractivity contribution >= 4 is 11.5 Å². The van der Waals surface area contributed by atoms with Crippen LogP contribution in [0.3, 0.4) is 0 Å². The molecule has 1 aromatic carbocycles. The van der Waals surface area contributed by atoms with Crippen LogP contribution in [0, 0.1) is 17.2 Å². The van der Waals surface area contributed by atoms with Gasteiger partial charge in [0.25, 0.3) is 0 Å². The Morgan fingerprint density at radius 1 is 1.21 bits per heavy atom. The first-order valence-electron chi connectivity index (χ1n) is 9.95. The van der Waals surface area contributed by atoms with Crippen molar-refractivity contribution in [3.8, 4) is 6.07 Å². The largest absolute Gasteiger partial charge is 0.370 e. The highest BCUT2D eigenvalue weighted by atomic mass is 15.3. The molecule has 0 radical (unpaired) electrons. The lowest BCUT2D eigenvalue weighted by molar-refractivity contribution is 0.246. The Bertz CT molecular complexity index is 999. The molecule has 3 aromatic rings. The van der Waals surface area contributed by atoms with E-state index >= 15 is 0 Å². The average molecular weight is 374 g/mol. The quantitative estimate of drug-likeness (QED) is 0.714. The molecule has 1 N–H and O–H groups in total. The van der Waals surface area contributed by atoms with Gasteiger partial charge in [-0.05, 0) is 29.9 Å². The van der Waals surface area contributed by atoms with Crippen molar-refractivity contribution in [3.05, 3.63) is 58.9 Å². The molecular weight excluding hydrogens is 348 g/mol. The minimum Gasteiger partial charge on any atom is -0.370 e. The summed E-state index contributed by atoms with van der Waals surface area (Å²) in [6, 6.07) is 13.0. The van der Waals surface area contributed by atoms with Gasteiger partial charge in [0.05, 0.1) is 5.56 Å². The maximum absolute atomic E-state index is 9.92. The van der Waals surface area contributed by atoms with E-state index in [1.165, 1.54) is 5.56 Å². The van der Waals surface area contributed by atoms with E-state index in [1.54, 1.807) is 6.33 Å². The minimum atomic E-state index is 0.610. The standard InChI is InChI=1S/C22H26N6/c1-16(2)8-10-24-21-19(12-23)18-9-11-27(13-17-6-4-3-5-7-17)14-20(18)22-26-25-15-28(21)22/h3-7,15-16,24H,8-11,13-14H2,1-2H3. The monoisotopic (exact) mass is 374 g/mol. The van der Waals surface area contributed by atoms with Gasteiger partial charge in [-0.1, -0.05) is 44.2 Å². The van der Waals surface area contributed by atoms with Crippen LogP contribution in [0.2, 0.25) is 0 Å².